The van der Waals surface area contributed by atoms with Crippen molar-refractivity contribution in [1.29, 1.82) is 0 Å². The lowest BCUT2D eigenvalue weighted by atomic mass is 10.0. The monoisotopic (exact) mass is 567 g/mol. The first-order valence-electron chi connectivity index (χ1n) is 12.3. The highest BCUT2D eigenvalue weighted by atomic mass is 35.6. The van der Waals surface area contributed by atoms with Gasteiger partial charge in [0, 0.05) is 7.11 Å². The summed E-state index contributed by atoms with van der Waals surface area (Å²) in [5, 5.41) is 2.53. The third kappa shape index (κ3) is 20.4. The Morgan fingerprint density at radius 3 is 1.76 bits per heavy atom. The Kier molecular flexibility index (Phi) is 20.4. The molecule has 204 valence electrons. The van der Waals surface area contributed by atoms with Crippen LogP contribution in [0, 0.1) is 0 Å². The normalized spacial score (nSPS) is 14.2. The van der Waals surface area contributed by atoms with Crippen molar-refractivity contribution in [1.82, 2.24) is 5.32 Å². The van der Waals surface area contributed by atoms with Gasteiger partial charge in [-0.2, -0.15) is 8.42 Å². The topological polar surface area (TPSA) is 90.9 Å². The highest BCUT2D eigenvalue weighted by Gasteiger charge is 2.35. The van der Waals surface area contributed by atoms with Crippen molar-refractivity contribution in [2.24, 2.45) is 0 Å². The van der Waals surface area contributed by atoms with E-state index in [-0.39, 0.29) is 13.4 Å². The van der Waals surface area contributed by atoms with E-state index in [9.17, 15) is 13.2 Å². The van der Waals surface area contributed by atoms with E-state index in [2.05, 4.69) is 12.2 Å². The van der Waals surface area contributed by atoms with Crippen LogP contribution in [-0.2, 0) is 28.6 Å². The van der Waals surface area contributed by atoms with Gasteiger partial charge in [0.2, 0.25) is 0 Å². The van der Waals surface area contributed by atoms with Crippen LogP contribution in [0.1, 0.15) is 96.8 Å². The summed E-state index contributed by atoms with van der Waals surface area (Å²) in [5.74, 6) is -0.879. The molecule has 0 saturated carbocycles. The SMILES string of the molecule is CCCCCCCCCCCCCCC[C@@H](OCOC)[C@H](COS(C)(=O)=O)NC(=O)C(Cl)(Cl)Cl. The van der Waals surface area contributed by atoms with Crippen molar-refractivity contribution in [3.05, 3.63) is 0 Å². The Morgan fingerprint density at radius 2 is 1.35 bits per heavy atom. The number of hydrogen-bond donors (Lipinski definition) is 1. The number of carbonyl (C=O) groups excluding carboxylic acids is 1. The molecule has 1 N–H and O–H groups in total. The molecule has 0 radical (unpaired) electrons. The maximum absolute atomic E-state index is 12.2. The number of hydrogen-bond acceptors (Lipinski definition) is 6. The molecule has 2 atom stereocenters. The Hall–Kier alpha value is 0.170. The second kappa shape index (κ2) is 20.3. The summed E-state index contributed by atoms with van der Waals surface area (Å²) in [6, 6.07) is -0.828. The van der Waals surface area contributed by atoms with Gasteiger partial charge in [-0.05, 0) is 6.42 Å². The standard InChI is InChI=1S/C23H44Cl3NO6S/c1-4-5-6-7-8-9-10-11-12-13-14-15-16-17-21(32-19-31-2)20(18-33-34(3,29)30)27-22(28)23(24,25)26/h20-21H,4-19H2,1-3H3,(H,27,28)/t20-,21+/m0/s1. The molecule has 0 heterocycles. The van der Waals surface area contributed by atoms with Crippen LogP contribution in [0.5, 0.6) is 0 Å². The number of rotatable bonds is 22. The van der Waals surface area contributed by atoms with Crippen molar-refractivity contribution >= 4 is 50.8 Å². The summed E-state index contributed by atoms with van der Waals surface area (Å²) in [4.78, 5) is 12.2. The zero-order valence-electron chi connectivity index (χ0n) is 21.0. The number of ether oxygens (including phenoxy) is 2. The van der Waals surface area contributed by atoms with Crippen LogP contribution in [0.25, 0.3) is 0 Å². The van der Waals surface area contributed by atoms with Gasteiger partial charge in [0.15, 0.2) is 0 Å². The van der Waals surface area contributed by atoms with Crippen molar-refractivity contribution < 1.29 is 26.9 Å². The summed E-state index contributed by atoms with van der Waals surface area (Å²) in [6.45, 7) is 1.88. The first kappa shape index (κ1) is 34.2. The fraction of sp³-hybridized carbons (Fsp3) is 0.957. The summed E-state index contributed by atoms with van der Waals surface area (Å²) >= 11 is 17.0. The molecule has 0 aromatic carbocycles. The molecule has 0 rings (SSSR count). The van der Waals surface area contributed by atoms with E-state index in [0.717, 1.165) is 25.5 Å². The lowest BCUT2D eigenvalue weighted by Crippen LogP contribution is -2.51. The van der Waals surface area contributed by atoms with E-state index in [1.165, 1.54) is 71.3 Å². The molecule has 0 aliphatic rings. The minimum atomic E-state index is -3.73. The van der Waals surface area contributed by atoms with Gasteiger partial charge in [0.25, 0.3) is 19.8 Å². The maximum atomic E-state index is 12.2. The van der Waals surface area contributed by atoms with Gasteiger partial charge >= 0.3 is 0 Å². The molecule has 0 aromatic rings. The number of halogens is 3. The van der Waals surface area contributed by atoms with E-state index >= 15 is 0 Å². The molecular weight excluding hydrogens is 525 g/mol. The van der Waals surface area contributed by atoms with E-state index in [1.54, 1.807) is 0 Å². The van der Waals surface area contributed by atoms with E-state index in [0.29, 0.717) is 6.42 Å². The molecule has 34 heavy (non-hydrogen) atoms. The second-order valence-electron chi connectivity index (χ2n) is 8.71. The Bertz CT molecular complexity index is 616. The summed E-state index contributed by atoms with van der Waals surface area (Å²) in [5.41, 5.74) is 0. The predicted octanol–water partition coefficient (Wildman–Crippen LogP) is 6.29. The Morgan fingerprint density at radius 1 is 0.882 bits per heavy atom. The molecule has 0 fully saturated rings. The molecule has 0 aliphatic heterocycles. The second-order valence-corrected chi connectivity index (χ2v) is 12.6. The number of unbranched alkanes of at least 4 members (excludes halogenated alkanes) is 12. The number of carbonyl (C=O) groups is 1. The smallest absolute Gasteiger partial charge is 0.272 e. The first-order valence-corrected chi connectivity index (χ1v) is 15.3. The summed E-state index contributed by atoms with van der Waals surface area (Å²) in [6.07, 6.45) is 16.9. The molecule has 0 spiro atoms. The molecule has 7 nitrogen and oxygen atoms in total. The largest absolute Gasteiger partial charge is 0.359 e. The summed E-state index contributed by atoms with van der Waals surface area (Å²) < 4.78 is 36.3. The third-order valence-corrected chi connectivity index (χ3v) is 6.56. The van der Waals surface area contributed by atoms with Gasteiger partial charge in [-0.3, -0.25) is 8.98 Å². The van der Waals surface area contributed by atoms with Crippen LogP contribution < -0.4 is 5.32 Å². The highest BCUT2D eigenvalue weighted by molar-refractivity contribution is 7.85. The average molecular weight is 569 g/mol. The third-order valence-electron chi connectivity index (χ3n) is 5.48. The molecule has 0 aromatic heterocycles. The number of alkyl halides is 3. The van der Waals surface area contributed by atoms with E-state index < -0.39 is 32.0 Å². The number of methoxy groups -OCH3 is 1. The minimum Gasteiger partial charge on any atom is -0.359 e. The predicted molar refractivity (Wildman–Crippen MR) is 140 cm³/mol. The van der Waals surface area contributed by atoms with Crippen molar-refractivity contribution in [3.63, 3.8) is 0 Å². The van der Waals surface area contributed by atoms with Gasteiger partial charge in [-0.15, -0.1) is 0 Å². The Labute approximate surface area is 222 Å². The fourth-order valence-electron chi connectivity index (χ4n) is 3.61. The van der Waals surface area contributed by atoms with Crippen LogP contribution in [0.2, 0.25) is 0 Å². The van der Waals surface area contributed by atoms with Crippen LogP contribution in [0.3, 0.4) is 0 Å². The molecule has 11 heteroatoms. The molecule has 0 bridgehead atoms. The zero-order valence-corrected chi connectivity index (χ0v) is 24.0. The van der Waals surface area contributed by atoms with Crippen molar-refractivity contribution in [3.8, 4) is 0 Å². The highest BCUT2D eigenvalue weighted by Crippen LogP contribution is 2.26. The molecule has 0 aliphatic carbocycles. The number of amides is 1. The van der Waals surface area contributed by atoms with Gasteiger partial charge in [-0.1, -0.05) is 125 Å². The van der Waals surface area contributed by atoms with Crippen molar-refractivity contribution in [2.45, 2.75) is 113 Å². The van der Waals surface area contributed by atoms with Crippen LogP contribution in [0.4, 0.5) is 0 Å². The summed E-state index contributed by atoms with van der Waals surface area (Å²) in [7, 11) is -2.25. The zero-order chi connectivity index (χ0) is 25.9. The minimum absolute atomic E-state index is 0.0257. The molecular formula is C23H44Cl3NO6S. The van der Waals surface area contributed by atoms with E-state index in [4.69, 9.17) is 48.5 Å². The van der Waals surface area contributed by atoms with Gasteiger partial charge in [-0.25, -0.2) is 0 Å². The average Bonchev–Trinajstić information content (AvgIpc) is 2.75. The molecule has 0 saturated heterocycles. The molecule has 1 amide bonds. The maximum Gasteiger partial charge on any atom is 0.272 e. The molecule has 0 unspecified atom stereocenters. The quantitative estimate of drug-likeness (QED) is 0.0714. The lowest BCUT2D eigenvalue weighted by molar-refractivity contribution is -0.125. The van der Waals surface area contributed by atoms with Crippen LogP contribution in [-0.4, -0.2) is 57.0 Å². The van der Waals surface area contributed by atoms with Gasteiger partial charge in [0.05, 0.1) is 25.0 Å². The first-order chi connectivity index (χ1) is 16.0. The lowest BCUT2D eigenvalue weighted by Gasteiger charge is -2.28. The Balaban J connectivity index is 4.44. The van der Waals surface area contributed by atoms with E-state index in [1.807, 2.05) is 0 Å². The van der Waals surface area contributed by atoms with Crippen LogP contribution in [0.15, 0.2) is 0 Å². The number of nitrogens with one attached hydrogen (secondary N) is 1. The van der Waals surface area contributed by atoms with Gasteiger partial charge in [0.1, 0.15) is 6.79 Å². The van der Waals surface area contributed by atoms with Crippen molar-refractivity contribution in [2.75, 3.05) is 26.8 Å². The fourth-order valence-corrected chi connectivity index (χ4v) is 4.17. The van der Waals surface area contributed by atoms with Crippen LogP contribution >= 0.6 is 34.8 Å². The van der Waals surface area contributed by atoms with Gasteiger partial charge < -0.3 is 14.8 Å².